The molecule has 0 amide bonds. The number of Topliss-reactive ketones (excluding diaryl/α,β-unsaturated/α-hetero) is 1. The van der Waals surface area contributed by atoms with Gasteiger partial charge >= 0.3 is 0 Å². The Morgan fingerprint density at radius 1 is 1.40 bits per heavy atom. The minimum absolute atomic E-state index is 0.0184. The fourth-order valence-corrected chi connectivity index (χ4v) is 1.18. The molecule has 0 aliphatic carbocycles. The van der Waals surface area contributed by atoms with Crippen LogP contribution in [-0.4, -0.2) is 19.5 Å². The van der Waals surface area contributed by atoms with Crippen molar-refractivity contribution in [2.24, 2.45) is 0 Å². The molecule has 4 heteroatoms. The summed E-state index contributed by atoms with van der Waals surface area (Å²) in [5.41, 5.74) is 0.220. The Kier molecular flexibility index (Phi) is 4.37. The van der Waals surface area contributed by atoms with Gasteiger partial charge in [-0.1, -0.05) is 6.07 Å². The molecule has 0 N–H and O–H groups in total. The average Bonchev–Trinajstić information content (AvgIpc) is 2.19. The second kappa shape index (κ2) is 5.56. The molecular formula is C11H12F2O2. The van der Waals surface area contributed by atoms with Crippen LogP contribution in [0.5, 0.6) is 0 Å². The van der Waals surface area contributed by atoms with Gasteiger partial charge in [0.25, 0.3) is 0 Å². The van der Waals surface area contributed by atoms with Crippen molar-refractivity contribution in [3.63, 3.8) is 0 Å². The van der Waals surface area contributed by atoms with E-state index in [4.69, 9.17) is 4.74 Å². The third kappa shape index (κ3) is 3.75. The van der Waals surface area contributed by atoms with Crippen LogP contribution in [0.3, 0.4) is 0 Å². The van der Waals surface area contributed by atoms with Gasteiger partial charge in [0.2, 0.25) is 0 Å². The summed E-state index contributed by atoms with van der Waals surface area (Å²) in [6.07, 6.45) is 0.225. The van der Waals surface area contributed by atoms with Crippen LogP contribution in [0.15, 0.2) is 18.2 Å². The molecule has 0 aliphatic heterocycles. The van der Waals surface area contributed by atoms with E-state index < -0.39 is 11.6 Å². The van der Waals surface area contributed by atoms with E-state index in [1.807, 2.05) is 0 Å². The van der Waals surface area contributed by atoms with Gasteiger partial charge in [0.15, 0.2) is 0 Å². The number of benzene rings is 1. The number of halogens is 2. The standard InChI is InChI=1S/C11H12F2O2/c1-15-5-4-10(14)6-8-2-3-9(12)7-11(8)13/h2-3,7H,4-6H2,1H3. The van der Waals surface area contributed by atoms with E-state index in [1.165, 1.54) is 13.2 Å². The lowest BCUT2D eigenvalue weighted by Gasteiger charge is -2.02. The molecule has 1 rings (SSSR count). The lowest BCUT2D eigenvalue weighted by atomic mass is 10.1. The number of carbonyl (C=O) groups excluding carboxylic acids is 1. The zero-order valence-corrected chi connectivity index (χ0v) is 8.43. The zero-order chi connectivity index (χ0) is 11.3. The Balaban J connectivity index is 2.60. The molecular weight excluding hydrogens is 202 g/mol. The van der Waals surface area contributed by atoms with E-state index in [0.717, 1.165) is 12.1 Å². The lowest BCUT2D eigenvalue weighted by molar-refractivity contribution is -0.119. The highest BCUT2D eigenvalue weighted by Gasteiger charge is 2.08. The van der Waals surface area contributed by atoms with Crippen molar-refractivity contribution in [1.29, 1.82) is 0 Å². The first-order chi connectivity index (χ1) is 7.13. The van der Waals surface area contributed by atoms with Gasteiger partial charge in [0.1, 0.15) is 17.4 Å². The molecule has 0 radical (unpaired) electrons. The van der Waals surface area contributed by atoms with Crippen molar-refractivity contribution >= 4 is 5.78 Å². The van der Waals surface area contributed by atoms with Crippen LogP contribution < -0.4 is 0 Å². The SMILES string of the molecule is COCCC(=O)Cc1ccc(F)cc1F. The van der Waals surface area contributed by atoms with E-state index in [2.05, 4.69) is 0 Å². The van der Waals surface area contributed by atoms with Crippen molar-refractivity contribution in [3.8, 4) is 0 Å². The van der Waals surface area contributed by atoms with E-state index >= 15 is 0 Å². The molecule has 82 valence electrons. The normalized spacial score (nSPS) is 10.3. The third-order valence-corrected chi connectivity index (χ3v) is 1.99. The minimum Gasteiger partial charge on any atom is -0.384 e. The van der Waals surface area contributed by atoms with Crippen molar-refractivity contribution < 1.29 is 18.3 Å². The predicted octanol–water partition coefficient (Wildman–Crippen LogP) is 2.11. The molecule has 0 bridgehead atoms. The molecule has 1 aromatic carbocycles. The lowest BCUT2D eigenvalue weighted by Crippen LogP contribution is -2.07. The summed E-state index contributed by atoms with van der Waals surface area (Å²) in [6, 6.07) is 3.20. The van der Waals surface area contributed by atoms with Gasteiger partial charge in [-0.25, -0.2) is 8.78 Å². The third-order valence-electron chi connectivity index (χ3n) is 1.99. The molecule has 0 aliphatic rings. The number of carbonyl (C=O) groups is 1. The van der Waals surface area contributed by atoms with Crippen LogP contribution in [0.1, 0.15) is 12.0 Å². The monoisotopic (exact) mass is 214 g/mol. The van der Waals surface area contributed by atoms with Crippen LogP contribution >= 0.6 is 0 Å². The van der Waals surface area contributed by atoms with Gasteiger partial charge in [-0.2, -0.15) is 0 Å². The van der Waals surface area contributed by atoms with Crippen molar-refractivity contribution in [2.75, 3.05) is 13.7 Å². The summed E-state index contributed by atoms with van der Waals surface area (Å²) in [6.45, 7) is 0.321. The summed E-state index contributed by atoms with van der Waals surface area (Å²) >= 11 is 0. The predicted molar refractivity (Wildman–Crippen MR) is 51.6 cm³/mol. The van der Waals surface area contributed by atoms with E-state index in [0.29, 0.717) is 6.61 Å². The summed E-state index contributed by atoms with van der Waals surface area (Å²) < 4.78 is 30.4. The molecule has 0 unspecified atom stereocenters. The first-order valence-electron chi connectivity index (χ1n) is 4.58. The van der Waals surface area contributed by atoms with Gasteiger partial charge in [-0.15, -0.1) is 0 Å². The van der Waals surface area contributed by atoms with Gasteiger partial charge in [-0.3, -0.25) is 4.79 Å². The highest BCUT2D eigenvalue weighted by molar-refractivity contribution is 5.80. The largest absolute Gasteiger partial charge is 0.384 e. The van der Waals surface area contributed by atoms with Crippen molar-refractivity contribution in [2.45, 2.75) is 12.8 Å². The second-order valence-electron chi connectivity index (χ2n) is 3.19. The Hall–Kier alpha value is -1.29. The Morgan fingerprint density at radius 3 is 2.73 bits per heavy atom. The molecule has 1 aromatic rings. The van der Waals surface area contributed by atoms with Crippen LogP contribution in [0.2, 0.25) is 0 Å². The van der Waals surface area contributed by atoms with Crippen LogP contribution in [0, 0.1) is 11.6 Å². The average molecular weight is 214 g/mol. The molecule has 0 atom stereocenters. The molecule has 0 saturated carbocycles. The fraction of sp³-hybridized carbons (Fsp3) is 0.364. The Labute approximate surface area is 86.9 Å². The van der Waals surface area contributed by atoms with Gasteiger partial charge in [0.05, 0.1) is 6.61 Å². The summed E-state index contributed by atoms with van der Waals surface area (Å²) in [4.78, 5) is 11.3. The maximum Gasteiger partial charge on any atom is 0.139 e. The second-order valence-corrected chi connectivity index (χ2v) is 3.19. The van der Waals surface area contributed by atoms with Gasteiger partial charge in [-0.05, 0) is 11.6 Å². The zero-order valence-electron chi connectivity index (χ0n) is 8.43. The fourth-order valence-electron chi connectivity index (χ4n) is 1.18. The Bertz CT molecular complexity index is 350. The summed E-state index contributed by atoms with van der Waals surface area (Å²) in [5, 5.41) is 0. The smallest absolute Gasteiger partial charge is 0.139 e. The van der Waals surface area contributed by atoms with Crippen LogP contribution in [0.25, 0.3) is 0 Å². The molecule has 0 fully saturated rings. The first kappa shape index (κ1) is 11.8. The maximum absolute atomic E-state index is 13.1. The van der Waals surface area contributed by atoms with E-state index in [9.17, 15) is 13.6 Å². The topological polar surface area (TPSA) is 26.3 Å². The molecule has 0 spiro atoms. The number of rotatable bonds is 5. The van der Waals surface area contributed by atoms with Gasteiger partial charge in [0, 0.05) is 26.0 Å². The van der Waals surface area contributed by atoms with Crippen LogP contribution in [-0.2, 0) is 16.0 Å². The molecule has 2 nitrogen and oxygen atoms in total. The first-order valence-corrected chi connectivity index (χ1v) is 4.58. The minimum atomic E-state index is -0.680. The number of methoxy groups -OCH3 is 1. The van der Waals surface area contributed by atoms with E-state index in [1.54, 1.807) is 0 Å². The summed E-state index contributed by atoms with van der Waals surface area (Å²) in [5.74, 6) is -1.44. The molecule has 0 heterocycles. The van der Waals surface area contributed by atoms with Crippen molar-refractivity contribution in [1.82, 2.24) is 0 Å². The Morgan fingerprint density at radius 2 is 2.13 bits per heavy atom. The number of hydrogen-bond acceptors (Lipinski definition) is 2. The maximum atomic E-state index is 13.1. The number of ketones is 1. The molecule has 0 saturated heterocycles. The number of hydrogen-bond donors (Lipinski definition) is 0. The highest BCUT2D eigenvalue weighted by Crippen LogP contribution is 2.11. The number of ether oxygens (including phenoxy) is 1. The molecule has 15 heavy (non-hydrogen) atoms. The van der Waals surface area contributed by atoms with Crippen molar-refractivity contribution in [3.05, 3.63) is 35.4 Å². The highest BCUT2D eigenvalue weighted by atomic mass is 19.1. The summed E-state index contributed by atoms with van der Waals surface area (Å²) in [7, 11) is 1.49. The molecule has 0 aromatic heterocycles. The van der Waals surface area contributed by atoms with Crippen LogP contribution in [0.4, 0.5) is 8.78 Å². The quantitative estimate of drug-likeness (QED) is 0.750. The van der Waals surface area contributed by atoms with E-state index in [-0.39, 0.29) is 24.2 Å². The van der Waals surface area contributed by atoms with Gasteiger partial charge < -0.3 is 4.74 Å².